The van der Waals surface area contributed by atoms with Gasteiger partial charge in [0, 0.05) is 17.9 Å². The van der Waals surface area contributed by atoms with Crippen molar-refractivity contribution in [3.05, 3.63) is 108 Å². The molecule has 0 saturated carbocycles. The molecule has 5 rings (SSSR count). The molecule has 1 atom stereocenters. The molecule has 1 radical (unpaired) electrons. The lowest BCUT2D eigenvalue weighted by atomic mass is 9.97. The molecule has 0 N–H and O–H groups in total. The number of nitrogens with zero attached hydrogens (tertiary/aromatic N) is 1. The Hall–Kier alpha value is -3.33. The fraction of sp³-hybridized carbons (Fsp3) is 0.154. The van der Waals surface area contributed by atoms with Crippen LogP contribution in [0.25, 0.3) is 10.9 Å². The number of hydrogen-bond donors (Lipinski definition) is 0. The zero-order valence-electron chi connectivity index (χ0n) is 16.1. The van der Waals surface area contributed by atoms with Crippen LogP contribution in [0, 0.1) is 6.42 Å². The fourth-order valence-corrected chi connectivity index (χ4v) is 3.71. The van der Waals surface area contributed by atoms with E-state index in [4.69, 9.17) is 9.47 Å². The summed E-state index contributed by atoms with van der Waals surface area (Å²) in [7, 11) is 0. The molecule has 3 aromatic carbocycles. The third-order valence-corrected chi connectivity index (χ3v) is 5.23. The minimum absolute atomic E-state index is 0.155. The second-order valence-corrected chi connectivity index (χ2v) is 7.35. The molecule has 0 unspecified atom stereocenters. The van der Waals surface area contributed by atoms with Crippen molar-refractivity contribution in [2.45, 2.75) is 25.6 Å². The number of pyridine rings is 1. The maximum Gasteiger partial charge on any atom is 0.130 e. The summed E-state index contributed by atoms with van der Waals surface area (Å²) >= 11 is 0. The number of ether oxygens (including phenoxy) is 2. The highest BCUT2D eigenvalue weighted by Gasteiger charge is 2.21. The largest absolute Gasteiger partial charge is 0.490 e. The van der Waals surface area contributed by atoms with Gasteiger partial charge in [0.1, 0.15) is 24.2 Å². The summed E-state index contributed by atoms with van der Waals surface area (Å²) in [5, 5.41) is 1.14. The number of aromatic nitrogens is 1. The number of para-hydroxylation sites is 1. The van der Waals surface area contributed by atoms with Crippen molar-refractivity contribution < 1.29 is 9.47 Å². The first-order valence-corrected chi connectivity index (χ1v) is 9.99. The monoisotopic (exact) mass is 380 g/mol. The Morgan fingerprint density at radius 2 is 1.76 bits per heavy atom. The molecule has 1 aliphatic rings. The van der Waals surface area contributed by atoms with Crippen LogP contribution in [0.5, 0.6) is 11.5 Å². The van der Waals surface area contributed by atoms with E-state index in [9.17, 15) is 0 Å². The summed E-state index contributed by atoms with van der Waals surface area (Å²) in [6, 6.07) is 28.7. The van der Waals surface area contributed by atoms with Crippen molar-refractivity contribution >= 4 is 10.9 Å². The predicted molar refractivity (Wildman–Crippen MR) is 115 cm³/mol. The molecule has 29 heavy (non-hydrogen) atoms. The highest BCUT2D eigenvalue weighted by atomic mass is 16.5. The van der Waals surface area contributed by atoms with E-state index in [0.29, 0.717) is 6.61 Å². The maximum atomic E-state index is 6.26. The molecule has 3 heteroatoms. The van der Waals surface area contributed by atoms with Crippen LogP contribution in [0.15, 0.2) is 84.9 Å². The zero-order valence-corrected chi connectivity index (χ0v) is 16.1. The topological polar surface area (TPSA) is 31.4 Å². The number of fused-ring (bicyclic) bond motifs is 2. The Morgan fingerprint density at radius 1 is 0.897 bits per heavy atom. The Labute approximate surface area is 170 Å². The Kier molecular flexibility index (Phi) is 4.87. The third kappa shape index (κ3) is 4.09. The van der Waals surface area contributed by atoms with Crippen LogP contribution in [-0.2, 0) is 13.0 Å². The number of hydrogen-bond acceptors (Lipinski definition) is 3. The first kappa shape index (κ1) is 17.7. The molecule has 143 valence electrons. The van der Waals surface area contributed by atoms with E-state index in [2.05, 4.69) is 53.9 Å². The second-order valence-electron chi connectivity index (χ2n) is 7.35. The third-order valence-electron chi connectivity index (χ3n) is 5.23. The van der Waals surface area contributed by atoms with E-state index in [1.807, 2.05) is 42.5 Å². The van der Waals surface area contributed by atoms with Gasteiger partial charge in [0.2, 0.25) is 0 Å². The van der Waals surface area contributed by atoms with Crippen LogP contribution >= 0.6 is 0 Å². The van der Waals surface area contributed by atoms with Crippen molar-refractivity contribution in [2.75, 3.05) is 0 Å². The standard InChI is InChI=1S/C26H22NO2/c1-2-6-19(7-3-1)16-24-15-12-21-11-14-23(17-26(21)29-24)28-18-22-13-10-20-8-4-5-9-25(20)27-22/h1-14,17,24H,15-16,18H2/t24-/m1/s1. The normalized spacial score (nSPS) is 15.5. The van der Waals surface area contributed by atoms with Gasteiger partial charge in [0.05, 0.1) is 11.2 Å². The van der Waals surface area contributed by atoms with Crippen LogP contribution in [0.3, 0.4) is 0 Å². The van der Waals surface area contributed by atoms with E-state index in [1.54, 1.807) is 0 Å². The van der Waals surface area contributed by atoms with Gasteiger partial charge in [-0.1, -0.05) is 60.7 Å². The number of rotatable bonds is 5. The molecular weight excluding hydrogens is 358 g/mol. The molecule has 2 heterocycles. The van der Waals surface area contributed by atoms with Crippen molar-refractivity contribution in [3.8, 4) is 11.5 Å². The van der Waals surface area contributed by atoms with Crippen LogP contribution in [0.2, 0.25) is 0 Å². The summed E-state index contributed by atoms with van der Waals surface area (Å²) in [6.45, 7) is 0.431. The minimum Gasteiger partial charge on any atom is -0.490 e. The molecule has 1 aromatic heterocycles. The van der Waals surface area contributed by atoms with E-state index >= 15 is 0 Å². The Balaban J connectivity index is 1.27. The van der Waals surface area contributed by atoms with Crippen molar-refractivity contribution in [1.82, 2.24) is 4.98 Å². The number of benzene rings is 3. The molecule has 0 spiro atoms. The summed E-state index contributed by atoms with van der Waals surface area (Å²) in [6.07, 6.45) is 4.23. The van der Waals surface area contributed by atoms with Gasteiger partial charge in [-0.3, -0.25) is 0 Å². The molecular formula is C26H22NO2. The van der Waals surface area contributed by atoms with Gasteiger partial charge in [-0.25, -0.2) is 4.98 Å². The van der Waals surface area contributed by atoms with E-state index in [0.717, 1.165) is 46.5 Å². The molecule has 0 aliphatic carbocycles. The van der Waals surface area contributed by atoms with E-state index in [-0.39, 0.29) is 6.10 Å². The summed E-state index contributed by atoms with van der Waals surface area (Å²) in [4.78, 5) is 4.67. The predicted octanol–water partition coefficient (Wildman–Crippen LogP) is 5.76. The van der Waals surface area contributed by atoms with Gasteiger partial charge < -0.3 is 9.47 Å². The summed E-state index contributed by atoms with van der Waals surface area (Å²) in [5.41, 5.74) is 4.33. The average molecular weight is 380 g/mol. The first-order valence-electron chi connectivity index (χ1n) is 9.99. The average Bonchev–Trinajstić information content (AvgIpc) is 2.78. The van der Waals surface area contributed by atoms with Gasteiger partial charge in [-0.15, -0.1) is 0 Å². The molecule has 0 fully saturated rings. The lowest BCUT2D eigenvalue weighted by Gasteiger charge is -2.26. The Morgan fingerprint density at radius 3 is 2.69 bits per heavy atom. The highest BCUT2D eigenvalue weighted by Crippen LogP contribution is 2.33. The van der Waals surface area contributed by atoms with Gasteiger partial charge in [0.15, 0.2) is 0 Å². The minimum atomic E-state index is 0.155. The van der Waals surface area contributed by atoms with Crippen LogP contribution < -0.4 is 9.47 Å². The van der Waals surface area contributed by atoms with Crippen molar-refractivity contribution in [2.24, 2.45) is 0 Å². The van der Waals surface area contributed by atoms with Gasteiger partial charge in [-0.05, 0) is 42.2 Å². The van der Waals surface area contributed by atoms with E-state index < -0.39 is 0 Å². The lowest BCUT2D eigenvalue weighted by molar-refractivity contribution is 0.188. The van der Waals surface area contributed by atoms with Crippen molar-refractivity contribution in [1.29, 1.82) is 0 Å². The second kappa shape index (κ2) is 7.96. The molecule has 0 saturated heterocycles. The van der Waals surface area contributed by atoms with Gasteiger partial charge in [0.25, 0.3) is 0 Å². The molecule has 0 amide bonds. The SMILES string of the molecule is [CH]1C[C@H](Cc2ccccc2)Oc2cc(OCc3ccc4ccccc4n3)ccc21. The van der Waals surface area contributed by atoms with Gasteiger partial charge in [-0.2, -0.15) is 0 Å². The smallest absolute Gasteiger partial charge is 0.130 e. The summed E-state index contributed by atoms with van der Waals surface area (Å²) in [5.74, 6) is 1.69. The molecule has 0 bridgehead atoms. The summed E-state index contributed by atoms with van der Waals surface area (Å²) < 4.78 is 12.3. The molecule has 4 aromatic rings. The zero-order chi connectivity index (χ0) is 19.5. The van der Waals surface area contributed by atoms with Crippen LogP contribution in [-0.4, -0.2) is 11.1 Å². The van der Waals surface area contributed by atoms with E-state index in [1.165, 1.54) is 5.56 Å². The molecule has 3 nitrogen and oxygen atoms in total. The van der Waals surface area contributed by atoms with Crippen LogP contribution in [0.4, 0.5) is 0 Å². The maximum absolute atomic E-state index is 6.26. The highest BCUT2D eigenvalue weighted by molar-refractivity contribution is 5.78. The first-order chi connectivity index (χ1) is 14.3. The Bertz CT molecular complexity index is 1120. The fourth-order valence-electron chi connectivity index (χ4n) is 3.71. The van der Waals surface area contributed by atoms with Crippen LogP contribution in [0.1, 0.15) is 23.2 Å². The van der Waals surface area contributed by atoms with Crippen molar-refractivity contribution in [3.63, 3.8) is 0 Å². The quantitative estimate of drug-likeness (QED) is 0.441. The molecule has 1 aliphatic heterocycles. The van der Waals surface area contributed by atoms with Gasteiger partial charge >= 0.3 is 0 Å². The lowest BCUT2D eigenvalue weighted by Crippen LogP contribution is -2.24.